The number of hydrogen-bond acceptors (Lipinski definition) is 2. The van der Waals surface area contributed by atoms with Crippen LogP contribution in [0.15, 0.2) is 48.5 Å². The molecule has 0 aliphatic heterocycles. The number of carbonyl (C=O) groups is 1. The van der Waals surface area contributed by atoms with Crippen LogP contribution >= 0.6 is 46.4 Å². The Morgan fingerprint density at radius 3 is 2.25 bits per heavy atom. The highest BCUT2D eigenvalue weighted by molar-refractivity contribution is 6.57. The molecule has 2 rings (SSSR count). The Morgan fingerprint density at radius 1 is 1.00 bits per heavy atom. The fraction of sp³-hybridized carbons (Fsp3) is 0.0714. The topological polar surface area (TPSA) is 26.3 Å². The average Bonchev–Trinajstić information content (AvgIpc) is 2.39. The Labute approximate surface area is 136 Å². The van der Waals surface area contributed by atoms with E-state index in [1.165, 1.54) is 18.2 Å². The summed E-state index contributed by atoms with van der Waals surface area (Å²) in [6.45, 7) is 0. The number of halogens is 4. The Balaban J connectivity index is 2.27. The lowest BCUT2D eigenvalue weighted by Gasteiger charge is -2.19. The number of hydrogen-bond donors (Lipinski definition) is 0. The summed E-state index contributed by atoms with van der Waals surface area (Å²) in [7, 11) is 0. The second-order valence-electron chi connectivity index (χ2n) is 3.90. The Kier molecular flexibility index (Phi) is 4.82. The Morgan fingerprint density at radius 2 is 1.65 bits per heavy atom. The molecule has 0 amide bonds. The number of ether oxygens (including phenoxy) is 1. The molecule has 0 aliphatic carbocycles. The molecule has 0 N–H and O–H groups in total. The van der Waals surface area contributed by atoms with Gasteiger partial charge in [0.05, 0.1) is 0 Å². The molecule has 0 fully saturated rings. The fourth-order valence-electron chi connectivity index (χ4n) is 1.51. The number of benzene rings is 2. The van der Waals surface area contributed by atoms with E-state index in [9.17, 15) is 4.79 Å². The molecule has 0 aliphatic rings. The fourth-order valence-corrected chi connectivity index (χ4v) is 2.57. The lowest BCUT2D eigenvalue weighted by molar-refractivity contribution is -0.135. The van der Waals surface area contributed by atoms with E-state index in [1.807, 2.05) is 0 Å². The molecule has 20 heavy (non-hydrogen) atoms. The first kappa shape index (κ1) is 15.5. The van der Waals surface area contributed by atoms with Gasteiger partial charge in [-0.15, -0.1) is 0 Å². The second kappa shape index (κ2) is 6.23. The molecule has 0 radical (unpaired) electrons. The van der Waals surface area contributed by atoms with E-state index in [0.29, 0.717) is 10.8 Å². The van der Waals surface area contributed by atoms with Gasteiger partial charge in [0, 0.05) is 15.6 Å². The summed E-state index contributed by atoms with van der Waals surface area (Å²) in [6, 6.07) is 12.9. The molecule has 0 heterocycles. The molecule has 2 aromatic rings. The Bertz CT molecular complexity index is 626. The van der Waals surface area contributed by atoms with Gasteiger partial charge in [0.15, 0.2) is 0 Å². The van der Waals surface area contributed by atoms with Crippen molar-refractivity contribution in [3.05, 3.63) is 64.1 Å². The zero-order chi connectivity index (χ0) is 14.8. The standard InChI is InChI=1S/C14H8Cl4O2/c15-9-6-7-11(12(16)8-9)14(17,18)13(19)20-10-4-2-1-3-5-10/h1-8H. The maximum Gasteiger partial charge on any atom is 0.352 e. The first-order chi connectivity index (χ1) is 9.41. The van der Waals surface area contributed by atoms with Crippen LogP contribution in [0.5, 0.6) is 5.75 Å². The number of carbonyl (C=O) groups excluding carboxylic acids is 1. The SMILES string of the molecule is O=C(Oc1ccccc1)C(Cl)(Cl)c1ccc(Cl)cc1Cl. The molecule has 0 bridgehead atoms. The van der Waals surface area contributed by atoms with Crippen LogP contribution < -0.4 is 4.74 Å². The largest absolute Gasteiger partial charge is 0.424 e. The maximum atomic E-state index is 12.1. The van der Waals surface area contributed by atoms with Crippen LogP contribution in [0.1, 0.15) is 5.56 Å². The smallest absolute Gasteiger partial charge is 0.352 e. The predicted molar refractivity (Wildman–Crippen MR) is 81.9 cm³/mol. The van der Waals surface area contributed by atoms with E-state index in [0.717, 1.165) is 0 Å². The number of rotatable bonds is 3. The summed E-state index contributed by atoms with van der Waals surface area (Å²) in [4.78, 5) is 12.1. The summed E-state index contributed by atoms with van der Waals surface area (Å²) in [5.41, 5.74) is 0.216. The van der Waals surface area contributed by atoms with E-state index in [4.69, 9.17) is 51.1 Å². The van der Waals surface area contributed by atoms with E-state index in [-0.39, 0.29) is 10.6 Å². The first-order valence-corrected chi connectivity index (χ1v) is 7.03. The molecule has 0 saturated heterocycles. The van der Waals surface area contributed by atoms with Gasteiger partial charge in [0.2, 0.25) is 4.33 Å². The summed E-state index contributed by atoms with van der Waals surface area (Å²) in [6.07, 6.45) is 0. The van der Waals surface area contributed by atoms with Crippen molar-refractivity contribution in [2.24, 2.45) is 0 Å². The van der Waals surface area contributed by atoms with Crippen molar-refractivity contribution < 1.29 is 9.53 Å². The lowest BCUT2D eigenvalue weighted by Crippen LogP contribution is -2.28. The van der Waals surface area contributed by atoms with Gasteiger partial charge in [0.25, 0.3) is 0 Å². The van der Waals surface area contributed by atoms with Crippen LogP contribution in [0.25, 0.3) is 0 Å². The van der Waals surface area contributed by atoms with Gasteiger partial charge in [-0.05, 0) is 24.3 Å². The molecule has 0 spiro atoms. The van der Waals surface area contributed by atoms with Crippen LogP contribution in [0, 0.1) is 0 Å². The molecule has 0 saturated carbocycles. The molecule has 0 unspecified atom stereocenters. The first-order valence-electron chi connectivity index (χ1n) is 5.52. The van der Waals surface area contributed by atoms with Crippen molar-refractivity contribution in [1.29, 1.82) is 0 Å². The third-order valence-electron chi connectivity index (χ3n) is 2.48. The quantitative estimate of drug-likeness (QED) is 0.431. The number of esters is 1. The number of para-hydroxylation sites is 1. The summed E-state index contributed by atoms with van der Waals surface area (Å²) < 4.78 is 3.21. The molecule has 2 aromatic carbocycles. The zero-order valence-corrected chi connectivity index (χ0v) is 13.0. The summed E-state index contributed by atoms with van der Waals surface area (Å²) >= 11 is 24.0. The Hall–Kier alpha value is -0.930. The van der Waals surface area contributed by atoms with Gasteiger partial charge >= 0.3 is 5.97 Å². The maximum absolute atomic E-state index is 12.1. The third-order valence-corrected chi connectivity index (χ3v) is 3.74. The van der Waals surface area contributed by atoms with Crippen LogP contribution in [0.3, 0.4) is 0 Å². The molecule has 0 aromatic heterocycles. The predicted octanol–water partition coefficient (Wildman–Crippen LogP) is 5.23. The minimum atomic E-state index is -1.92. The van der Waals surface area contributed by atoms with Gasteiger partial charge < -0.3 is 4.74 Å². The highest BCUT2D eigenvalue weighted by atomic mass is 35.5. The third kappa shape index (κ3) is 3.39. The zero-order valence-electron chi connectivity index (χ0n) is 9.95. The molecule has 0 atom stereocenters. The van der Waals surface area contributed by atoms with E-state index < -0.39 is 10.3 Å². The van der Waals surface area contributed by atoms with Crippen molar-refractivity contribution in [3.8, 4) is 5.75 Å². The van der Waals surface area contributed by atoms with Crippen LogP contribution in [0.2, 0.25) is 10.0 Å². The minimum absolute atomic E-state index is 0.188. The highest BCUT2D eigenvalue weighted by Gasteiger charge is 2.40. The number of alkyl halides is 2. The molecule has 104 valence electrons. The molecule has 2 nitrogen and oxygen atoms in total. The monoisotopic (exact) mass is 348 g/mol. The second-order valence-corrected chi connectivity index (χ2v) is 6.07. The van der Waals surface area contributed by atoms with Gasteiger partial charge in [-0.3, -0.25) is 0 Å². The molecule has 6 heteroatoms. The summed E-state index contributed by atoms with van der Waals surface area (Å²) in [5, 5.41) is 0.604. The van der Waals surface area contributed by atoms with Crippen molar-refractivity contribution in [3.63, 3.8) is 0 Å². The lowest BCUT2D eigenvalue weighted by atomic mass is 10.1. The van der Waals surface area contributed by atoms with E-state index in [1.54, 1.807) is 30.3 Å². The normalized spacial score (nSPS) is 11.2. The highest BCUT2D eigenvalue weighted by Crippen LogP contribution is 2.40. The van der Waals surface area contributed by atoms with Gasteiger partial charge in [-0.25, -0.2) is 4.79 Å². The van der Waals surface area contributed by atoms with Gasteiger partial charge in [0.1, 0.15) is 5.75 Å². The van der Waals surface area contributed by atoms with Crippen LogP contribution in [-0.4, -0.2) is 5.97 Å². The van der Waals surface area contributed by atoms with Gasteiger partial charge in [-0.2, -0.15) is 0 Å². The van der Waals surface area contributed by atoms with Crippen molar-refractivity contribution in [1.82, 2.24) is 0 Å². The molecular weight excluding hydrogens is 342 g/mol. The summed E-state index contributed by atoms with van der Waals surface area (Å²) in [5.74, 6) is -0.496. The molecular formula is C14H8Cl4O2. The van der Waals surface area contributed by atoms with E-state index >= 15 is 0 Å². The van der Waals surface area contributed by atoms with Crippen molar-refractivity contribution in [2.75, 3.05) is 0 Å². The van der Waals surface area contributed by atoms with E-state index in [2.05, 4.69) is 0 Å². The van der Waals surface area contributed by atoms with Crippen molar-refractivity contribution >= 4 is 52.4 Å². The van der Waals surface area contributed by atoms with Crippen LogP contribution in [-0.2, 0) is 9.13 Å². The average molecular weight is 350 g/mol. The van der Waals surface area contributed by atoms with Crippen molar-refractivity contribution in [2.45, 2.75) is 4.33 Å². The van der Waals surface area contributed by atoms with Crippen LogP contribution in [0.4, 0.5) is 0 Å². The minimum Gasteiger partial charge on any atom is -0.424 e. The van der Waals surface area contributed by atoms with Gasteiger partial charge in [-0.1, -0.05) is 70.7 Å².